The van der Waals surface area contributed by atoms with Crippen LogP contribution in [0.1, 0.15) is 10.4 Å². The van der Waals surface area contributed by atoms with Crippen molar-refractivity contribution in [2.24, 2.45) is 10.7 Å². The molecule has 0 spiro atoms. The minimum Gasteiger partial charge on any atom is -0.454 e. The molecule has 3 rings (SSSR count). The first-order valence-electron chi connectivity index (χ1n) is 6.86. The molecule has 6 nitrogen and oxygen atoms in total. The second-order valence-corrected chi connectivity index (χ2v) is 5.08. The lowest BCUT2D eigenvalue weighted by molar-refractivity contribution is 0.102. The molecule has 2 aromatic carbocycles. The zero-order valence-corrected chi connectivity index (χ0v) is 12.8. The number of rotatable bonds is 4. The maximum absolute atomic E-state index is 12.3. The number of aliphatic imine (C=N–C) groups is 1. The SMILES string of the molecule is NC(CCl)=Nc1cccc(C(=O)Nc2ccc3c(c2)OCO3)c1. The van der Waals surface area contributed by atoms with Crippen molar-refractivity contribution < 1.29 is 14.3 Å². The number of hydrogen-bond donors (Lipinski definition) is 2. The van der Waals surface area contributed by atoms with E-state index in [1.165, 1.54) is 0 Å². The third-order valence-electron chi connectivity index (χ3n) is 3.15. The van der Waals surface area contributed by atoms with Gasteiger partial charge in [0.2, 0.25) is 6.79 Å². The molecule has 0 aliphatic carbocycles. The van der Waals surface area contributed by atoms with E-state index in [4.69, 9.17) is 26.8 Å². The summed E-state index contributed by atoms with van der Waals surface area (Å²) in [5.74, 6) is 1.44. The van der Waals surface area contributed by atoms with Crippen molar-refractivity contribution in [3.63, 3.8) is 0 Å². The van der Waals surface area contributed by atoms with Gasteiger partial charge in [-0.1, -0.05) is 6.07 Å². The Kier molecular flexibility index (Phi) is 4.34. The first-order chi connectivity index (χ1) is 11.2. The van der Waals surface area contributed by atoms with Gasteiger partial charge in [0.05, 0.1) is 11.6 Å². The van der Waals surface area contributed by atoms with Crippen molar-refractivity contribution in [2.75, 3.05) is 18.0 Å². The molecule has 0 aromatic heterocycles. The molecule has 0 unspecified atom stereocenters. The topological polar surface area (TPSA) is 85.9 Å². The van der Waals surface area contributed by atoms with E-state index in [1.807, 2.05) is 0 Å². The van der Waals surface area contributed by atoms with E-state index in [9.17, 15) is 4.79 Å². The average Bonchev–Trinajstić information content (AvgIpc) is 3.02. The number of amidine groups is 1. The molecular formula is C16H14ClN3O3. The van der Waals surface area contributed by atoms with Crippen LogP contribution in [0, 0.1) is 0 Å². The van der Waals surface area contributed by atoms with Crippen LogP contribution in [0.4, 0.5) is 11.4 Å². The first kappa shape index (κ1) is 15.2. The highest BCUT2D eigenvalue weighted by atomic mass is 35.5. The van der Waals surface area contributed by atoms with E-state index in [2.05, 4.69) is 10.3 Å². The molecule has 1 heterocycles. The molecule has 0 fully saturated rings. The Morgan fingerprint density at radius 3 is 2.87 bits per heavy atom. The number of nitrogens with one attached hydrogen (secondary N) is 1. The number of carbonyl (C=O) groups is 1. The van der Waals surface area contributed by atoms with Crippen LogP contribution < -0.4 is 20.5 Å². The molecule has 0 atom stereocenters. The number of anilines is 1. The normalized spacial score (nSPS) is 13.0. The summed E-state index contributed by atoms with van der Waals surface area (Å²) in [6.45, 7) is 0.189. The van der Waals surface area contributed by atoms with Gasteiger partial charge in [0.1, 0.15) is 5.84 Å². The largest absolute Gasteiger partial charge is 0.454 e. The van der Waals surface area contributed by atoms with Crippen LogP contribution in [-0.2, 0) is 0 Å². The quantitative estimate of drug-likeness (QED) is 0.512. The molecule has 2 aromatic rings. The van der Waals surface area contributed by atoms with Gasteiger partial charge >= 0.3 is 0 Å². The number of amides is 1. The minimum absolute atomic E-state index is 0.133. The summed E-state index contributed by atoms with van der Waals surface area (Å²) in [6, 6.07) is 12.0. The Bertz CT molecular complexity index is 777. The lowest BCUT2D eigenvalue weighted by atomic mass is 10.2. The molecule has 0 saturated heterocycles. The van der Waals surface area contributed by atoms with E-state index < -0.39 is 0 Å². The maximum Gasteiger partial charge on any atom is 0.255 e. The van der Waals surface area contributed by atoms with E-state index in [0.717, 1.165) is 0 Å². The molecule has 0 saturated carbocycles. The van der Waals surface area contributed by atoms with E-state index >= 15 is 0 Å². The number of nitrogens with zero attached hydrogens (tertiary/aromatic N) is 1. The van der Waals surface area contributed by atoms with Gasteiger partial charge in [-0.15, -0.1) is 11.6 Å². The second-order valence-electron chi connectivity index (χ2n) is 4.81. The molecule has 118 valence electrons. The predicted molar refractivity (Wildman–Crippen MR) is 89.0 cm³/mol. The Morgan fingerprint density at radius 2 is 2.04 bits per heavy atom. The summed E-state index contributed by atoms with van der Waals surface area (Å²) in [7, 11) is 0. The monoisotopic (exact) mass is 331 g/mol. The first-order valence-corrected chi connectivity index (χ1v) is 7.39. The highest BCUT2D eigenvalue weighted by molar-refractivity contribution is 6.28. The van der Waals surface area contributed by atoms with Gasteiger partial charge in [0, 0.05) is 17.3 Å². The standard InChI is InChI=1S/C16H14ClN3O3/c17-8-15(18)19-11-3-1-2-10(6-11)16(21)20-12-4-5-13-14(7-12)23-9-22-13/h1-7H,8-9H2,(H2,18,19)(H,20,21). The predicted octanol–water partition coefficient (Wildman–Crippen LogP) is 2.90. The van der Waals surface area contributed by atoms with Crippen LogP contribution in [0.2, 0.25) is 0 Å². The van der Waals surface area contributed by atoms with E-state index in [1.54, 1.807) is 42.5 Å². The molecule has 7 heteroatoms. The number of halogens is 1. The van der Waals surface area contributed by atoms with E-state index in [0.29, 0.717) is 34.3 Å². The molecule has 1 aliphatic heterocycles. The molecule has 0 bridgehead atoms. The molecule has 23 heavy (non-hydrogen) atoms. The van der Waals surface area contributed by atoms with Crippen molar-refractivity contribution in [3.8, 4) is 11.5 Å². The Hall–Kier alpha value is -2.73. The number of ether oxygens (including phenoxy) is 2. The summed E-state index contributed by atoms with van der Waals surface area (Å²) in [4.78, 5) is 16.5. The smallest absolute Gasteiger partial charge is 0.255 e. The van der Waals surface area contributed by atoms with E-state index in [-0.39, 0.29) is 18.6 Å². The molecule has 1 amide bonds. The van der Waals surface area contributed by atoms with Crippen LogP contribution >= 0.6 is 11.6 Å². The summed E-state index contributed by atoms with van der Waals surface area (Å²) < 4.78 is 10.5. The zero-order valence-electron chi connectivity index (χ0n) is 12.1. The Morgan fingerprint density at radius 1 is 1.22 bits per heavy atom. The fourth-order valence-corrected chi connectivity index (χ4v) is 2.15. The fourth-order valence-electron chi connectivity index (χ4n) is 2.09. The van der Waals surface area contributed by atoms with Gasteiger partial charge < -0.3 is 20.5 Å². The highest BCUT2D eigenvalue weighted by Crippen LogP contribution is 2.34. The zero-order chi connectivity index (χ0) is 16.2. The summed E-state index contributed by atoms with van der Waals surface area (Å²) in [6.07, 6.45) is 0. The Balaban J connectivity index is 1.77. The Labute approximate surface area is 137 Å². The summed E-state index contributed by atoms with van der Waals surface area (Å²) >= 11 is 5.60. The van der Waals surface area contributed by atoms with Gasteiger partial charge in [-0.25, -0.2) is 4.99 Å². The summed E-state index contributed by atoms with van der Waals surface area (Å²) in [5.41, 5.74) is 7.25. The fraction of sp³-hybridized carbons (Fsp3) is 0.125. The van der Waals surface area contributed by atoms with Crippen molar-refractivity contribution in [1.29, 1.82) is 0 Å². The van der Waals surface area contributed by atoms with Gasteiger partial charge in [-0.2, -0.15) is 0 Å². The van der Waals surface area contributed by atoms with Crippen LogP contribution in [0.3, 0.4) is 0 Å². The lowest BCUT2D eigenvalue weighted by Gasteiger charge is -2.07. The van der Waals surface area contributed by atoms with Crippen molar-refractivity contribution in [3.05, 3.63) is 48.0 Å². The molecule has 3 N–H and O–H groups in total. The number of nitrogens with two attached hydrogens (primary N) is 1. The number of alkyl halides is 1. The number of hydrogen-bond acceptors (Lipinski definition) is 4. The third-order valence-corrected chi connectivity index (χ3v) is 3.42. The van der Waals surface area contributed by atoms with Gasteiger partial charge in [-0.3, -0.25) is 4.79 Å². The minimum atomic E-state index is -0.259. The molecule has 1 aliphatic rings. The van der Waals surface area contributed by atoms with Crippen LogP contribution in [0.5, 0.6) is 11.5 Å². The van der Waals surface area contributed by atoms with Gasteiger partial charge in [0.25, 0.3) is 5.91 Å². The third kappa shape index (κ3) is 3.54. The number of benzene rings is 2. The van der Waals surface area contributed by atoms with Crippen molar-refractivity contribution in [1.82, 2.24) is 0 Å². The lowest BCUT2D eigenvalue weighted by Crippen LogP contribution is -2.13. The van der Waals surface area contributed by atoms with Crippen molar-refractivity contribution in [2.45, 2.75) is 0 Å². The van der Waals surface area contributed by atoms with Crippen molar-refractivity contribution >= 4 is 34.7 Å². The summed E-state index contributed by atoms with van der Waals surface area (Å²) in [5, 5.41) is 2.80. The maximum atomic E-state index is 12.3. The average molecular weight is 332 g/mol. The second kappa shape index (κ2) is 6.58. The van der Waals surface area contributed by atoms with Crippen LogP contribution in [0.15, 0.2) is 47.5 Å². The molecular weight excluding hydrogens is 318 g/mol. The van der Waals surface area contributed by atoms with Gasteiger partial charge in [-0.05, 0) is 30.3 Å². The molecule has 0 radical (unpaired) electrons. The number of carbonyl (C=O) groups excluding carboxylic acids is 1. The van der Waals surface area contributed by atoms with Gasteiger partial charge in [0.15, 0.2) is 11.5 Å². The highest BCUT2D eigenvalue weighted by Gasteiger charge is 2.14. The number of fused-ring (bicyclic) bond motifs is 1. The van der Waals surface area contributed by atoms with Crippen LogP contribution in [-0.4, -0.2) is 24.4 Å². The van der Waals surface area contributed by atoms with Crippen LogP contribution in [0.25, 0.3) is 0 Å².